The lowest BCUT2D eigenvalue weighted by atomic mass is 10.0. The van der Waals surface area contributed by atoms with E-state index in [1.807, 2.05) is 13.8 Å². The van der Waals surface area contributed by atoms with Crippen LogP contribution >= 0.6 is 0 Å². The molecule has 0 unspecified atom stereocenters. The highest BCUT2D eigenvalue weighted by molar-refractivity contribution is 4.78. The first-order valence-corrected chi connectivity index (χ1v) is 4.74. The zero-order chi connectivity index (χ0) is 9.03. The van der Waals surface area contributed by atoms with Crippen molar-refractivity contribution in [2.75, 3.05) is 19.6 Å². The van der Waals surface area contributed by atoms with Gasteiger partial charge in [-0.1, -0.05) is 0 Å². The van der Waals surface area contributed by atoms with Crippen LogP contribution in [0.5, 0.6) is 0 Å². The van der Waals surface area contributed by atoms with Gasteiger partial charge in [-0.25, -0.2) is 0 Å². The number of rotatable bonds is 3. The first-order valence-electron chi connectivity index (χ1n) is 4.74. The molecule has 1 saturated heterocycles. The molecule has 1 heterocycles. The van der Waals surface area contributed by atoms with Crippen LogP contribution in [0.15, 0.2) is 0 Å². The van der Waals surface area contributed by atoms with Gasteiger partial charge in [0.15, 0.2) is 0 Å². The van der Waals surface area contributed by atoms with Crippen molar-refractivity contribution in [1.29, 1.82) is 0 Å². The van der Waals surface area contributed by atoms with Gasteiger partial charge in [-0.2, -0.15) is 0 Å². The molecule has 12 heavy (non-hydrogen) atoms. The lowest BCUT2D eigenvalue weighted by molar-refractivity contribution is 0.0749. The molecule has 0 aromatic carbocycles. The normalized spacial score (nSPS) is 21.2. The maximum atomic E-state index is 9.47. The van der Waals surface area contributed by atoms with Gasteiger partial charge in [0, 0.05) is 12.6 Å². The third-order valence-corrected chi connectivity index (χ3v) is 2.16. The molecule has 0 spiro atoms. The Morgan fingerprint density at radius 3 is 2.50 bits per heavy atom. The van der Waals surface area contributed by atoms with E-state index in [1.54, 1.807) is 0 Å². The molecule has 1 fully saturated rings. The lowest BCUT2D eigenvalue weighted by Crippen LogP contribution is -2.45. The topological polar surface area (TPSA) is 44.3 Å². The van der Waals surface area contributed by atoms with E-state index < -0.39 is 5.60 Å². The van der Waals surface area contributed by atoms with Gasteiger partial charge in [-0.15, -0.1) is 0 Å². The molecule has 1 aliphatic rings. The van der Waals surface area contributed by atoms with Crippen molar-refractivity contribution in [3.8, 4) is 0 Å². The van der Waals surface area contributed by atoms with E-state index in [9.17, 15) is 5.11 Å². The minimum absolute atomic E-state index is 0.578. The van der Waals surface area contributed by atoms with Crippen LogP contribution in [0.4, 0.5) is 0 Å². The van der Waals surface area contributed by atoms with Crippen molar-refractivity contribution in [3.63, 3.8) is 0 Å². The molecule has 3 heteroatoms. The van der Waals surface area contributed by atoms with E-state index in [1.165, 1.54) is 12.8 Å². The molecule has 0 aromatic rings. The van der Waals surface area contributed by atoms with Crippen LogP contribution in [-0.2, 0) is 0 Å². The van der Waals surface area contributed by atoms with Crippen LogP contribution in [0.2, 0.25) is 0 Å². The molecule has 1 rings (SSSR count). The van der Waals surface area contributed by atoms with Crippen molar-refractivity contribution in [1.82, 2.24) is 10.6 Å². The van der Waals surface area contributed by atoms with Crippen LogP contribution < -0.4 is 10.6 Å². The second kappa shape index (κ2) is 4.21. The molecule has 0 radical (unpaired) electrons. The van der Waals surface area contributed by atoms with Gasteiger partial charge in [0.05, 0.1) is 5.60 Å². The van der Waals surface area contributed by atoms with E-state index >= 15 is 0 Å². The standard InChI is InChI=1S/C9H20N2O/c1-9(2,12)7-11-8-3-5-10-6-4-8/h8,10-12H,3-7H2,1-2H3. The van der Waals surface area contributed by atoms with Crippen molar-refractivity contribution in [2.45, 2.75) is 38.3 Å². The zero-order valence-corrected chi connectivity index (χ0v) is 8.06. The molecular weight excluding hydrogens is 152 g/mol. The Kier molecular flexibility index (Phi) is 3.50. The fourth-order valence-corrected chi connectivity index (χ4v) is 1.42. The van der Waals surface area contributed by atoms with Gasteiger partial charge in [0.1, 0.15) is 0 Å². The summed E-state index contributed by atoms with van der Waals surface area (Å²) in [5, 5.41) is 16.2. The van der Waals surface area contributed by atoms with E-state index in [0.717, 1.165) is 13.1 Å². The number of aliphatic hydroxyl groups is 1. The maximum Gasteiger partial charge on any atom is 0.0715 e. The number of hydrogen-bond acceptors (Lipinski definition) is 3. The minimum atomic E-state index is -0.578. The van der Waals surface area contributed by atoms with Crippen molar-refractivity contribution in [3.05, 3.63) is 0 Å². The maximum absolute atomic E-state index is 9.47. The second-order valence-electron chi connectivity index (χ2n) is 4.22. The summed E-state index contributed by atoms with van der Waals surface area (Å²) in [6, 6.07) is 0.595. The largest absolute Gasteiger partial charge is 0.389 e. The summed E-state index contributed by atoms with van der Waals surface area (Å²) in [5.74, 6) is 0. The quantitative estimate of drug-likeness (QED) is 0.565. The van der Waals surface area contributed by atoms with Crippen LogP contribution in [-0.4, -0.2) is 36.4 Å². The predicted molar refractivity (Wildman–Crippen MR) is 50.2 cm³/mol. The fourth-order valence-electron chi connectivity index (χ4n) is 1.42. The molecule has 72 valence electrons. The zero-order valence-electron chi connectivity index (χ0n) is 8.06. The van der Waals surface area contributed by atoms with Gasteiger partial charge in [-0.3, -0.25) is 0 Å². The molecule has 1 aliphatic heterocycles. The second-order valence-corrected chi connectivity index (χ2v) is 4.22. The van der Waals surface area contributed by atoms with Crippen LogP contribution in [0, 0.1) is 0 Å². The third-order valence-electron chi connectivity index (χ3n) is 2.16. The highest BCUT2D eigenvalue weighted by Crippen LogP contribution is 2.04. The van der Waals surface area contributed by atoms with Gasteiger partial charge in [0.2, 0.25) is 0 Å². The highest BCUT2D eigenvalue weighted by atomic mass is 16.3. The SMILES string of the molecule is CC(C)(O)CNC1CCNCC1. The molecule has 0 aliphatic carbocycles. The number of hydrogen-bond donors (Lipinski definition) is 3. The first kappa shape index (κ1) is 9.96. The van der Waals surface area contributed by atoms with Gasteiger partial charge in [-0.05, 0) is 39.8 Å². The summed E-state index contributed by atoms with van der Waals surface area (Å²) in [7, 11) is 0. The predicted octanol–water partition coefficient (Wildman–Crippen LogP) is 0.0989. The summed E-state index contributed by atoms with van der Waals surface area (Å²) in [6.45, 7) is 6.56. The summed E-state index contributed by atoms with van der Waals surface area (Å²) in [5.41, 5.74) is -0.578. The summed E-state index contributed by atoms with van der Waals surface area (Å²) < 4.78 is 0. The van der Waals surface area contributed by atoms with Gasteiger partial charge >= 0.3 is 0 Å². The van der Waals surface area contributed by atoms with E-state index in [0.29, 0.717) is 12.6 Å². The van der Waals surface area contributed by atoms with E-state index in [-0.39, 0.29) is 0 Å². The first-order chi connectivity index (χ1) is 5.58. The van der Waals surface area contributed by atoms with Crippen molar-refractivity contribution < 1.29 is 5.11 Å². The van der Waals surface area contributed by atoms with Gasteiger partial charge < -0.3 is 15.7 Å². The molecule has 0 amide bonds. The molecule has 3 nitrogen and oxygen atoms in total. The Labute approximate surface area is 74.5 Å². The molecular formula is C9H20N2O. The minimum Gasteiger partial charge on any atom is -0.389 e. The van der Waals surface area contributed by atoms with Crippen molar-refractivity contribution in [2.24, 2.45) is 0 Å². The Hall–Kier alpha value is -0.120. The average molecular weight is 172 g/mol. The Morgan fingerprint density at radius 1 is 1.42 bits per heavy atom. The molecule has 3 N–H and O–H groups in total. The third kappa shape index (κ3) is 4.04. The van der Waals surface area contributed by atoms with Crippen molar-refractivity contribution >= 4 is 0 Å². The molecule has 0 atom stereocenters. The van der Waals surface area contributed by atoms with Crippen LogP contribution in [0.1, 0.15) is 26.7 Å². The van der Waals surface area contributed by atoms with Crippen LogP contribution in [0.25, 0.3) is 0 Å². The summed E-state index contributed by atoms with van der Waals surface area (Å²) in [4.78, 5) is 0. The Morgan fingerprint density at radius 2 is 2.00 bits per heavy atom. The molecule has 0 saturated carbocycles. The van der Waals surface area contributed by atoms with E-state index in [2.05, 4.69) is 10.6 Å². The average Bonchev–Trinajstić information content (AvgIpc) is 2.02. The fraction of sp³-hybridized carbons (Fsp3) is 1.00. The summed E-state index contributed by atoms with van der Waals surface area (Å²) >= 11 is 0. The van der Waals surface area contributed by atoms with Crippen LogP contribution in [0.3, 0.4) is 0 Å². The number of piperidine rings is 1. The smallest absolute Gasteiger partial charge is 0.0715 e. The summed E-state index contributed by atoms with van der Waals surface area (Å²) in [6.07, 6.45) is 2.35. The molecule has 0 aromatic heterocycles. The van der Waals surface area contributed by atoms with E-state index in [4.69, 9.17) is 0 Å². The highest BCUT2D eigenvalue weighted by Gasteiger charge is 2.17. The molecule has 0 bridgehead atoms. The lowest BCUT2D eigenvalue weighted by Gasteiger charge is -2.27. The number of nitrogens with one attached hydrogen (secondary N) is 2. The van der Waals surface area contributed by atoms with Gasteiger partial charge in [0.25, 0.3) is 0 Å². The monoisotopic (exact) mass is 172 g/mol. The Bertz CT molecular complexity index is 125. The Balaban J connectivity index is 2.13.